The number of sulfonamides is 1. The van der Waals surface area contributed by atoms with E-state index < -0.39 is 10.0 Å². The summed E-state index contributed by atoms with van der Waals surface area (Å²) in [5.74, 6) is 0. The summed E-state index contributed by atoms with van der Waals surface area (Å²) in [6, 6.07) is 11.6. The van der Waals surface area contributed by atoms with Crippen molar-refractivity contribution in [2.45, 2.75) is 18.7 Å². The molecule has 0 saturated heterocycles. The van der Waals surface area contributed by atoms with Gasteiger partial charge in [-0.25, -0.2) is 8.42 Å². The highest BCUT2D eigenvalue weighted by Crippen LogP contribution is 2.21. The van der Waals surface area contributed by atoms with Gasteiger partial charge in [0.15, 0.2) is 6.29 Å². The predicted octanol–water partition coefficient (Wildman–Crippen LogP) is 2.92. The Kier molecular flexibility index (Phi) is 3.90. The van der Waals surface area contributed by atoms with Crippen molar-refractivity contribution in [3.8, 4) is 0 Å². The largest absolute Gasteiger partial charge is 0.298 e. The van der Waals surface area contributed by atoms with Crippen LogP contribution in [-0.2, 0) is 10.0 Å². The number of rotatable bonds is 4. The maximum absolute atomic E-state index is 12.3. The number of hydrogen-bond donors (Lipinski definition) is 1. The fraction of sp³-hybridized carbons (Fsp3) is 0.133. The average molecular weight is 289 g/mol. The van der Waals surface area contributed by atoms with Crippen molar-refractivity contribution in [3.63, 3.8) is 0 Å². The molecule has 0 aliphatic rings. The summed E-state index contributed by atoms with van der Waals surface area (Å²) >= 11 is 0. The molecular weight excluding hydrogens is 274 g/mol. The van der Waals surface area contributed by atoms with E-state index in [-0.39, 0.29) is 4.90 Å². The van der Waals surface area contributed by atoms with Gasteiger partial charge < -0.3 is 0 Å². The lowest BCUT2D eigenvalue weighted by Crippen LogP contribution is -2.14. The fourth-order valence-corrected chi connectivity index (χ4v) is 2.93. The van der Waals surface area contributed by atoms with Crippen LogP contribution in [0.2, 0.25) is 0 Å². The first kappa shape index (κ1) is 14.3. The third-order valence-corrected chi connectivity index (χ3v) is 4.40. The van der Waals surface area contributed by atoms with Crippen molar-refractivity contribution < 1.29 is 13.2 Å². The molecular formula is C15H15NO3S. The molecule has 0 spiro atoms. The smallest absolute Gasteiger partial charge is 0.261 e. The summed E-state index contributed by atoms with van der Waals surface area (Å²) in [5.41, 5.74) is 2.35. The summed E-state index contributed by atoms with van der Waals surface area (Å²) in [5, 5.41) is 0. The van der Waals surface area contributed by atoms with Crippen molar-refractivity contribution in [2.24, 2.45) is 0 Å². The Hall–Kier alpha value is -2.14. The molecule has 4 nitrogen and oxygen atoms in total. The molecule has 0 saturated carbocycles. The second kappa shape index (κ2) is 5.46. The lowest BCUT2D eigenvalue weighted by atomic mass is 10.1. The van der Waals surface area contributed by atoms with Crippen molar-refractivity contribution in [3.05, 3.63) is 59.2 Å². The second-order valence-electron chi connectivity index (χ2n) is 4.57. The number of benzene rings is 2. The minimum Gasteiger partial charge on any atom is -0.298 e. The Balaban J connectivity index is 2.41. The van der Waals surface area contributed by atoms with Crippen LogP contribution in [0.3, 0.4) is 0 Å². The first-order valence-corrected chi connectivity index (χ1v) is 7.56. The zero-order valence-electron chi connectivity index (χ0n) is 11.3. The molecule has 1 N–H and O–H groups in total. The van der Waals surface area contributed by atoms with Gasteiger partial charge in [-0.05, 0) is 37.6 Å². The third kappa shape index (κ3) is 2.88. The predicted molar refractivity (Wildman–Crippen MR) is 78.6 cm³/mol. The van der Waals surface area contributed by atoms with E-state index in [1.165, 1.54) is 12.1 Å². The first-order valence-electron chi connectivity index (χ1n) is 6.08. The normalized spacial score (nSPS) is 11.1. The number of aldehydes is 1. The molecule has 0 aliphatic heterocycles. The molecule has 2 aromatic rings. The number of hydrogen-bond acceptors (Lipinski definition) is 3. The molecule has 0 aliphatic carbocycles. The monoisotopic (exact) mass is 289 g/mol. The van der Waals surface area contributed by atoms with Gasteiger partial charge in [-0.2, -0.15) is 0 Å². The Labute approximate surface area is 118 Å². The molecule has 2 rings (SSSR count). The average Bonchev–Trinajstić information content (AvgIpc) is 2.39. The van der Waals surface area contributed by atoms with E-state index in [0.29, 0.717) is 17.5 Å². The number of nitrogens with one attached hydrogen (secondary N) is 1. The SMILES string of the molecule is Cc1ccc(S(=O)(=O)Nc2cccc(C)c2C=O)cc1. The Morgan fingerprint density at radius 1 is 1.00 bits per heavy atom. The minimum absolute atomic E-state index is 0.168. The topological polar surface area (TPSA) is 63.2 Å². The van der Waals surface area contributed by atoms with Crippen LogP contribution in [0.15, 0.2) is 47.4 Å². The van der Waals surface area contributed by atoms with Gasteiger partial charge in [-0.3, -0.25) is 9.52 Å². The highest BCUT2D eigenvalue weighted by molar-refractivity contribution is 7.92. The maximum Gasteiger partial charge on any atom is 0.261 e. The van der Waals surface area contributed by atoms with Crippen molar-refractivity contribution in [1.82, 2.24) is 0 Å². The lowest BCUT2D eigenvalue weighted by Gasteiger charge is -2.11. The van der Waals surface area contributed by atoms with Gasteiger partial charge in [0, 0.05) is 5.56 Å². The van der Waals surface area contributed by atoms with Crippen LogP contribution in [-0.4, -0.2) is 14.7 Å². The maximum atomic E-state index is 12.3. The molecule has 0 heterocycles. The van der Waals surface area contributed by atoms with Gasteiger partial charge in [-0.15, -0.1) is 0 Å². The summed E-state index contributed by atoms with van der Waals surface area (Å²) < 4.78 is 27.0. The Bertz CT molecular complexity index is 734. The van der Waals surface area contributed by atoms with Crippen LogP contribution >= 0.6 is 0 Å². The number of carbonyl (C=O) groups is 1. The van der Waals surface area contributed by atoms with Crippen LogP contribution in [0.5, 0.6) is 0 Å². The quantitative estimate of drug-likeness (QED) is 0.880. The van der Waals surface area contributed by atoms with E-state index >= 15 is 0 Å². The van der Waals surface area contributed by atoms with E-state index in [9.17, 15) is 13.2 Å². The van der Waals surface area contributed by atoms with E-state index in [4.69, 9.17) is 0 Å². The van der Waals surface area contributed by atoms with Gasteiger partial charge in [0.25, 0.3) is 10.0 Å². The van der Waals surface area contributed by atoms with Crippen LogP contribution in [0, 0.1) is 13.8 Å². The molecule has 2 aromatic carbocycles. The van der Waals surface area contributed by atoms with E-state index in [0.717, 1.165) is 11.1 Å². The summed E-state index contributed by atoms with van der Waals surface area (Å²) in [6.07, 6.45) is 0.655. The molecule has 0 atom stereocenters. The fourth-order valence-electron chi connectivity index (χ4n) is 1.85. The van der Waals surface area contributed by atoms with Crippen molar-refractivity contribution in [1.29, 1.82) is 0 Å². The zero-order chi connectivity index (χ0) is 14.8. The number of aryl methyl sites for hydroxylation is 2. The molecule has 0 aromatic heterocycles. The van der Waals surface area contributed by atoms with Crippen LogP contribution in [0.25, 0.3) is 0 Å². The van der Waals surface area contributed by atoms with Gasteiger partial charge >= 0.3 is 0 Å². The lowest BCUT2D eigenvalue weighted by molar-refractivity contribution is 0.112. The van der Waals surface area contributed by atoms with Gasteiger partial charge in [-0.1, -0.05) is 29.8 Å². The van der Waals surface area contributed by atoms with Crippen LogP contribution in [0.1, 0.15) is 21.5 Å². The standard InChI is InChI=1S/C15H15NO3S/c1-11-6-8-13(9-7-11)20(18,19)16-15-5-3-4-12(2)14(15)10-17/h3-10,16H,1-2H3. The van der Waals surface area contributed by atoms with Crippen LogP contribution < -0.4 is 4.72 Å². The molecule has 20 heavy (non-hydrogen) atoms. The van der Waals surface area contributed by atoms with Crippen molar-refractivity contribution >= 4 is 22.0 Å². The molecule has 0 amide bonds. The molecule has 5 heteroatoms. The van der Waals surface area contributed by atoms with Gasteiger partial charge in [0.2, 0.25) is 0 Å². The van der Waals surface area contributed by atoms with E-state index in [2.05, 4.69) is 4.72 Å². The Morgan fingerprint density at radius 2 is 1.65 bits per heavy atom. The number of carbonyl (C=O) groups excluding carboxylic acids is 1. The zero-order valence-corrected chi connectivity index (χ0v) is 12.1. The highest BCUT2D eigenvalue weighted by Gasteiger charge is 2.16. The minimum atomic E-state index is -3.69. The molecule has 104 valence electrons. The first-order chi connectivity index (χ1) is 9.44. The summed E-state index contributed by atoms with van der Waals surface area (Å²) in [4.78, 5) is 11.2. The Morgan fingerprint density at radius 3 is 2.25 bits per heavy atom. The second-order valence-corrected chi connectivity index (χ2v) is 6.25. The number of anilines is 1. The van der Waals surface area contributed by atoms with E-state index in [1.807, 2.05) is 6.92 Å². The van der Waals surface area contributed by atoms with Crippen LogP contribution in [0.4, 0.5) is 5.69 Å². The van der Waals surface area contributed by atoms with E-state index in [1.54, 1.807) is 37.3 Å². The van der Waals surface area contributed by atoms with Gasteiger partial charge in [0.05, 0.1) is 10.6 Å². The highest BCUT2D eigenvalue weighted by atomic mass is 32.2. The van der Waals surface area contributed by atoms with Crippen molar-refractivity contribution in [2.75, 3.05) is 4.72 Å². The summed E-state index contributed by atoms with van der Waals surface area (Å²) in [7, 11) is -3.69. The van der Waals surface area contributed by atoms with Gasteiger partial charge in [0.1, 0.15) is 0 Å². The molecule has 0 bridgehead atoms. The molecule has 0 unspecified atom stereocenters. The summed E-state index contributed by atoms with van der Waals surface area (Å²) in [6.45, 7) is 3.64. The molecule has 0 fully saturated rings. The molecule has 0 radical (unpaired) electrons. The third-order valence-electron chi connectivity index (χ3n) is 3.02.